The van der Waals surface area contributed by atoms with Crippen LogP contribution < -0.4 is 18.9 Å². The SMILES string of the molecule is COc1c(OC(C)=O)cc2ccccc2c1-c1c(OC)c(O)c(-c2c(O)c(OCc3ccccc3)cc3ccccc23)c2ccccc12. The number of hydrogen-bond donors (Lipinski definition) is 2. The summed E-state index contributed by atoms with van der Waals surface area (Å²) in [6.07, 6.45) is 0. The van der Waals surface area contributed by atoms with Crippen molar-refractivity contribution in [1.82, 2.24) is 0 Å². The quantitative estimate of drug-likeness (QED) is 0.127. The molecule has 0 radical (unpaired) electrons. The van der Waals surface area contributed by atoms with E-state index in [-0.39, 0.29) is 35.4 Å². The number of methoxy groups -OCH3 is 2. The second-order valence-corrected chi connectivity index (χ2v) is 11.4. The van der Waals surface area contributed by atoms with E-state index in [9.17, 15) is 15.0 Å². The number of hydrogen-bond acceptors (Lipinski definition) is 7. The van der Waals surface area contributed by atoms with Crippen LogP contribution >= 0.6 is 0 Å². The Morgan fingerprint density at radius 2 is 1.04 bits per heavy atom. The van der Waals surface area contributed by atoms with Gasteiger partial charge in [-0.15, -0.1) is 0 Å². The lowest BCUT2D eigenvalue weighted by molar-refractivity contribution is -0.131. The zero-order valence-corrected chi connectivity index (χ0v) is 26.6. The van der Waals surface area contributed by atoms with Crippen molar-refractivity contribution in [3.05, 3.63) is 121 Å². The van der Waals surface area contributed by atoms with Crippen molar-refractivity contribution in [2.75, 3.05) is 14.2 Å². The van der Waals surface area contributed by atoms with Gasteiger partial charge in [0, 0.05) is 29.2 Å². The molecule has 7 nitrogen and oxygen atoms in total. The van der Waals surface area contributed by atoms with E-state index >= 15 is 0 Å². The highest BCUT2D eigenvalue weighted by molar-refractivity contribution is 6.19. The van der Waals surface area contributed by atoms with Gasteiger partial charge in [-0.3, -0.25) is 4.79 Å². The fraction of sp³-hybridized carbons (Fsp3) is 0.0976. The predicted molar refractivity (Wildman–Crippen MR) is 188 cm³/mol. The zero-order valence-electron chi connectivity index (χ0n) is 26.6. The van der Waals surface area contributed by atoms with Crippen molar-refractivity contribution >= 4 is 38.3 Å². The minimum absolute atomic E-state index is 0.111. The van der Waals surface area contributed by atoms with Gasteiger partial charge in [-0.25, -0.2) is 0 Å². The Bertz CT molecular complexity index is 2350. The third-order valence-corrected chi connectivity index (χ3v) is 8.50. The van der Waals surface area contributed by atoms with Crippen molar-refractivity contribution < 1.29 is 34.0 Å². The number of carbonyl (C=O) groups is 1. The highest BCUT2D eigenvalue weighted by atomic mass is 16.6. The van der Waals surface area contributed by atoms with Gasteiger partial charge in [0.25, 0.3) is 0 Å². The molecule has 0 aliphatic heterocycles. The second-order valence-electron chi connectivity index (χ2n) is 11.4. The first-order chi connectivity index (χ1) is 23.4. The third-order valence-electron chi connectivity index (χ3n) is 8.50. The summed E-state index contributed by atoms with van der Waals surface area (Å²) in [5.74, 6) is 0.188. The molecule has 0 spiro atoms. The Morgan fingerprint density at radius 3 is 1.65 bits per heavy atom. The van der Waals surface area contributed by atoms with Crippen LogP contribution in [0.2, 0.25) is 0 Å². The molecule has 0 saturated heterocycles. The van der Waals surface area contributed by atoms with Gasteiger partial charge in [-0.1, -0.05) is 103 Å². The van der Waals surface area contributed by atoms with E-state index in [1.165, 1.54) is 21.1 Å². The number of benzene rings is 7. The molecule has 0 amide bonds. The molecule has 0 atom stereocenters. The molecule has 7 heteroatoms. The second kappa shape index (κ2) is 12.5. The van der Waals surface area contributed by atoms with E-state index < -0.39 is 5.97 Å². The monoisotopic (exact) mass is 636 g/mol. The molecule has 0 heterocycles. The summed E-state index contributed by atoms with van der Waals surface area (Å²) in [5.41, 5.74) is 2.85. The molecule has 0 aromatic heterocycles. The largest absolute Gasteiger partial charge is 0.504 e. The molecule has 7 aromatic rings. The van der Waals surface area contributed by atoms with Crippen LogP contribution in [0.15, 0.2) is 115 Å². The van der Waals surface area contributed by atoms with Gasteiger partial charge in [0.2, 0.25) is 0 Å². The summed E-state index contributed by atoms with van der Waals surface area (Å²) in [5, 5.41) is 28.8. The van der Waals surface area contributed by atoms with Crippen molar-refractivity contribution in [3.63, 3.8) is 0 Å². The maximum absolute atomic E-state index is 12.3. The number of phenols is 2. The maximum atomic E-state index is 12.3. The molecule has 2 N–H and O–H groups in total. The van der Waals surface area contributed by atoms with Crippen LogP contribution in [0.4, 0.5) is 0 Å². The van der Waals surface area contributed by atoms with Gasteiger partial charge in [0.1, 0.15) is 6.61 Å². The molecular formula is C41H32O7. The molecule has 0 unspecified atom stereocenters. The molecule has 0 aliphatic carbocycles. The van der Waals surface area contributed by atoms with Crippen LogP contribution in [0.25, 0.3) is 54.6 Å². The van der Waals surface area contributed by atoms with E-state index in [1.54, 1.807) is 12.1 Å². The van der Waals surface area contributed by atoms with Crippen LogP contribution in [0.5, 0.6) is 34.5 Å². The van der Waals surface area contributed by atoms with Crippen LogP contribution in [0, 0.1) is 0 Å². The smallest absolute Gasteiger partial charge is 0.308 e. The van der Waals surface area contributed by atoms with E-state index in [0.717, 1.165) is 27.1 Å². The predicted octanol–water partition coefficient (Wildman–Crippen LogP) is 9.41. The molecule has 7 aromatic carbocycles. The fourth-order valence-corrected chi connectivity index (χ4v) is 6.49. The van der Waals surface area contributed by atoms with Gasteiger partial charge in [-0.2, -0.15) is 0 Å². The summed E-state index contributed by atoms with van der Waals surface area (Å²) in [6.45, 7) is 1.58. The zero-order chi connectivity index (χ0) is 33.4. The first-order valence-corrected chi connectivity index (χ1v) is 15.4. The number of fused-ring (bicyclic) bond motifs is 3. The minimum atomic E-state index is -0.499. The summed E-state index contributed by atoms with van der Waals surface area (Å²) < 4.78 is 23.8. The van der Waals surface area contributed by atoms with Crippen LogP contribution in [0.1, 0.15) is 12.5 Å². The Morgan fingerprint density at radius 1 is 0.562 bits per heavy atom. The van der Waals surface area contributed by atoms with Gasteiger partial charge in [0.05, 0.1) is 14.2 Å². The highest BCUT2D eigenvalue weighted by Crippen LogP contribution is 2.57. The van der Waals surface area contributed by atoms with Gasteiger partial charge >= 0.3 is 5.97 Å². The summed E-state index contributed by atoms with van der Waals surface area (Å²) in [4.78, 5) is 12.2. The first-order valence-electron chi connectivity index (χ1n) is 15.4. The van der Waals surface area contributed by atoms with Crippen LogP contribution in [0.3, 0.4) is 0 Å². The normalized spacial score (nSPS) is 11.1. The molecule has 0 fully saturated rings. The highest BCUT2D eigenvalue weighted by Gasteiger charge is 2.30. The van der Waals surface area contributed by atoms with Crippen molar-refractivity contribution in [2.45, 2.75) is 13.5 Å². The van der Waals surface area contributed by atoms with Crippen molar-refractivity contribution in [1.29, 1.82) is 0 Å². The molecule has 238 valence electrons. The standard InChI is InChI=1S/C41H32O7/c1-24(42)48-33-22-27-16-8-10-18-29(27)36(40(33)45-2)37-31-20-12-11-19-30(31)35(39(44)41(37)46-3)34-28-17-9-7-15-26(28)21-32(38(34)43)47-23-25-13-5-4-6-14-25/h4-22,43-44H,23H2,1-3H3. The minimum Gasteiger partial charge on any atom is -0.504 e. The van der Waals surface area contributed by atoms with E-state index in [1.807, 2.05) is 103 Å². The molecule has 0 aliphatic rings. The fourth-order valence-electron chi connectivity index (χ4n) is 6.49. The first kappa shape index (κ1) is 30.4. The topological polar surface area (TPSA) is 94.5 Å². The number of esters is 1. The number of rotatable bonds is 8. The van der Waals surface area contributed by atoms with Crippen LogP contribution in [-0.4, -0.2) is 30.4 Å². The lowest BCUT2D eigenvalue weighted by atomic mass is 9.86. The Labute approximate surface area is 277 Å². The molecular weight excluding hydrogens is 604 g/mol. The van der Waals surface area contributed by atoms with Crippen molar-refractivity contribution in [3.8, 4) is 56.8 Å². The number of phenolic OH excluding ortho intramolecular Hbond substituents is 2. The van der Waals surface area contributed by atoms with Crippen LogP contribution in [-0.2, 0) is 11.4 Å². The Hall–Kier alpha value is -6.21. The lowest BCUT2D eigenvalue weighted by Crippen LogP contribution is -2.05. The summed E-state index contributed by atoms with van der Waals surface area (Å²) >= 11 is 0. The summed E-state index contributed by atoms with van der Waals surface area (Å²) in [7, 11) is 2.99. The van der Waals surface area contributed by atoms with E-state index in [0.29, 0.717) is 38.8 Å². The lowest BCUT2D eigenvalue weighted by Gasteiger charge is -2.23. The average Bonchev–Trinajstić information content (AvgIpc) is 3.10. The third kappa shape index (κ3) is 5.15. The number of ether oxygens (including phenoxy) is 4. The van der Waals surface area contributed by atoms with Gasteiger partial charge in [0.15, 0.2) is 34.5 Å². The van der Waals surface area contributed by atoms with E-state index in [2.05, 4.69) is 0 Å². The number of carbonyl (C=O) groups excluding carboxylic acids is 1. The Kier molecular flexibility index (Phi) is 7.95. The molecule has 48 heavy (non-hydrogen) atoms. The van der Waals surface area contributed by atoms with Gasteiger partial charge < -0.3 is 29.2 Å². The number of aromatic hydroxyl groups is 2. The molecule has 7 rings (SSSR count). The van der Waals surface area contributed by atoms with Crippen molar-refractivity contribution in [2.24, 2.45) is 0 Å². The summed E-state index contributed by atoms with van der Waals surface area (Å²) in [6, 6.07) is 36.2. The maximum Gasteiger partial charge on any atom is 0.308 e. The molecule has 0 saturated carbocycles. The molecule has 0 bridgehead atoms. The average molecular weight is 637 g/mol. The van der Waals surface area contributed by atoms with E-state index in [4.69, 9.17) is 18.9 Å². The Balaban J connectivity index is 1.57. The van der Waals surface area contributed by atoms with Gasteiger partial charge in [-0.05, 0) is 50.0 Å².